The van der Waals surface area contributed by atoms with E-state index in [0.29, 0.717) is 5.88 Å². The summed E-state index contributed by atoms with van der Waals surface area (Å²) in [5.41, 5.74) is 0. The average Bonchev–Trinajstić information content (AvgIpc) is 2.54. The molecule has 4 heteroatoms. The Morgan fingerprint density at radius 2 is 2.15 bits per heavy atom. The summed E-state index contributed by atoms with van der Waals surface area (Å²) in [4.78, 5) is 0. The van der Waals surface area contributed by atoms with E-state index in [4.69, 9.17) is 25.8 Å². The summed E-state index contributed by atoms with van der Waals surface area (Å²) >= 11 is 5.67. The van der Waals surface area contributed by atoms with Crippen molar-refractivity contribution in [1.29, 1.82) is 0 Å². The topological polar surface area (TPSA) is 27.7 Å². The Morgan fingerprint density at radius 3 is 2.85 bits per heavy atom. The highest BCUT2D eigenvalue weighted by Crippen LogP contribution is 2.34. The van der Waals surface area contributed by atoms with Gasteiger partial charge in [0.2, 0.25) is 0 Å². The van der Waals surface area contributed by atoms with Crippen LogP contribution in [0.2, 0.25) is 0 Å². The second-order valence-corrected chi connectivity index (χ2v) is 3.87. The lowest BCUT2D eigenvalue weighted by Crippen LogP contribution is -2.44. The van der Waals surface area contributed by atoms with Gasteiger partial charge in [-0.05, 0) is 19.3 Å². The SMILES string of the molecule is ClCCC1CCOC2(CCCO2)O1. The molecule has 2 aliphatic heterocycles. The lowest BCUT2D eigenvalue weighted by atomic mass is 10.2. The molecular weight excluding hydrogens is 192 g/mol. The first-order valence-electron chi connectivity index (χ1n) is 4.86. The largest absolute Gasteiger partial charge is 0.327 e. The van der Waals surface area contributed by atoms with Crippen LogP contribution in [0.1, 0.15) is 25.7 Å². The Kier molecular flexibility index (Phi) is 3.09. The zero-order chi connectivity index (χ0) is 9.15. The van der Waals surface area contributed by atoms with Crippen LogP contribution in [0.4, 0.5) is 0 Å². The predicted octanol–water partition coefficient (Wildman–Crippen LogP) is 1.89. The molecule has 13 heavy (non-hydrogen) atoms. The Bertz CT molecular complexity index is 166. The normalized spacial score (nSPS) is 39.9. The zero-order valence-electron chi connectivity index (χ0n) is 7.63. The summed E-state index contributed by atoms with van der Waals surface area (Å²) in [6.45, 7) is 1.47. The molecule has 0 aromatic rings. The summed E-state index contributed by atoms with van der Waals surface area (Å²) in [5, 5.41) is 0. The lowest BCUT2D eigenvalue weighted by molar-refractivity contribution is -0.398. The molecule has 0 radical (unpaired) electrons. The van der Waals surface area contributed by atoms with Crippen LogP contribution in [0.3, 0.4) is 0 Å². The van der Waals surface area contributed by atoms with Gasteiger partial charge in [0.25, 0.3) is 5.97 Å². The van der Waals surface area contributed by atoms with Gasteiger partial charge in [-0.25, -0.2) is 0 Å². The number of alkyl halides is 1. The highest BCUT2D eigenvalue weighted by atomic mass is 35.5. The van der Waals surface area contributed by atoms with Crippen LogP contribution in [-0.2, 0) is 14.2 Å². The molecule has 76 valence electrons. The van der Waals surface area contributed by atoms with E-state index < -0.39 is 5.97 Å². The molecule has 2 atom stereocenters. The van der Waals surface area contributed by atoms with E-state index >= 15 is 0 Å². The van der Waals surface area contributed by atoms with Gasteiger partial charge in [0.15, 0.2) is 0 Å². The lowest BCUT2D eigenvalue weighted by Gasteiger charge is -2.36. The van der Waals surface area contributed by atoms with Crippen molar-refractivity contribution in [3.05, 3.63) is 0 Å². The number of hydrogen-bond donors (Lipinski definition) is 0. The Labute approximate surface area is 83.3 Å². The van der Waals surface area contributed by atoms with Crippen molar-refractivity contribution in [2.45, 2.75) is 37.8 Å². The summed E-state index contributed by atoms with van der Waals surface area (Å²) in [7, 11) is 0. The van der Waals surface area contributed by atoms with Crippen molar-refractivity contribution in [3.63, 3.8) is 0 Å². The molecular formula is C9H15ClO3. The second kappa shape index (κ2) is 4.13. The van der Waals surface area contributed by atoms with Crippen LogP contribution < -0.4 is 0 Å². The van der Waals surface area contributed by atoms with Crippen LogP contribution in [0.5, 0.6) is 0 Å². The third kappa shape index (κ3) is 2.15. The van der Waals surface area contributed by atoms with Crippen molar-refractivity contribution in [3.8, 4) is 0 Å². The molecule has 3 nitrogen and oxygen atoms in total. The molecule has 2 saturated heterocycles. The van der Waals surface area contributed by atoms with Crippen LogP contribution in [0, 0.1) is 0 Å². The Hall–Kier alpha value is 0.170. The quantitative estimate of drug-likeness (QED) is 0.646. The molecule has 2 rings (SSSR count). The van der Waals surface area contributed by atoms with Gasteiger partial charge < -0.3 is 14.2 Å². The molecule has 0 aliphatic carbocycles. The van der Waals surface area contributed by atoms with Gasteiger partial charge in [0.1, 0.15) is 0 Å². The van der Waals surface area contributed by atoms with Gasteiger partial charge in [-0.3, -0.25) is 0 Å². The van der Waals surface area contributed by atoms with E-state index in [9.17, 15) is 0 Å². The van der Waals surface area contributed by atoms with Crippen molar-refractivity contribution >= 4 is 11.6 Å². The van der Waals surface area contributed by atoms with Crippen molar-refractivity contribution in [2.24, 2.45) is 0 Å². The first-order valence-corrected chi connectivity index (χ1v) is 5.40. The van der Waals surface area contributed by atoms with Crippen LogP contribution in [-0.4, -0.2) is 31.2 Å². The first-order chi connectivity index (χ1) is 6.35. The summed E-state index contributed by atoms with van der Waals surface area (Å²) in [6.07, 6.45) is 3.90. The third-order valence-electron chi connectivity index (χ3n) is 2.49. The van der Waals surface area contributed by atoms with E-state index in [0.717, 1.165) is 38.9 Å². The maximum atomic E-state index is 5.75. The molecule has 2 unspecified atom stereocenters. The third-order valence-corrected chi connectivity index (χ3v) is 2.71. The summed E-state index contributed by atoms with van der Waals surface area (Å²) in [5.74, 6) is -0.0737. The van der Waals surface area contributed by atoms with E-state index in [2.05, 4.69) is 0 Å². The maximum Gasteiger partial charge on any atom is 0.283 e. The van der Waals surface area contributed by atoms with Gasteiger partial charge in [-0.15, -0.1) is 11.6 Å². The van der Waals surface area contributed by atoms with Crippen molar-refractivity contribution in [1.82, 2.24) is 0 Å². The van der Waals surface area contributed by atoms with E-state index in [1.165, 1.54) is 0 Å². The highest BCUT2D eigenvalue weighted by Gasteiger charge is 2.42. The van der Waals surface area contributed by atoms with Crippen molar-refractivity contribution < 1.29 is 14.2 Å². The second-order valence-electron chi connectivity index (χ2n) is 3.49. The minimum Gasteiger partial charge on any atom is -0.327 e. The molecule has 0 bridgehead atoms. The molecule has 0 N–H and O–H groups in total. The van der Waals surface area contributed by atoms with Gasteiger partial charge in [0, 0.05) is 12.3 Å². The smallest absolute Gasteiger partial charge is 0.283 e. The monoisotopic (exact) mass is 206 g/mol. The minimum atomic E-state index is -0.713. The van der Waals surface area contributed by atoms with Gasteiger partial charge >= 0.3 is 0 Å². The van der Waals surface area contributed by atoms with Gasteiger partial charge in [0.05, 0.1) is 19.3 Å². The predicted molar refractivity (Wildman–Crippen MR) is 48.7 cm³/mol. The molecule has 2 aliphatic rings. The fraction of sp³-hybridized carbons (Fsp3) is 1.00. The number of ether oxygens (including phenoxy) is 3. The van der Waals surface area contributed by atoms with Gasteiger partial charge in [-0.1, -0.05) is 0 Å². The maximum absolute atomic E-state index is 5.75. The van der Waals surface area contributed by atoms with E-state index in [-0.39, 0.29) is 6.10 Å². The first kappa shape index (κ1) is 9.71. The minimum absolute atomic E-state index is 0.212. The fourth-order valence-electron chi connectivity index (χ4n) is 1.81. The average molecular weight is 207 g/mol. The number of rotatable bonds is 2. The molecule has 0 aromatic heterocycles. The molecule has 0 saturated carbocycles. The fourth-order valence-corrected chi connectivity index (χ4v) is 2.06. The molecule has 2 heterocycles. The Balaban J connectivity index is 1.90. The molecule has 0 amide bonds. The van der Waals surface area contributed by atoms with Gasteiger partial charge in [-0.2, -0.15) is 0 Å². The Morgan fingerprint density at radius 1 is 1.31 bits per heavy atom. The molecule has 2 fully saturated rings. The number of hydrogen-bond acceptors (Lipinski definition) is 3. The van der Waals surface area contributed by atoms with Crippen molar-refractivity contribution in [2.75, 3.05) is 19.1 Å². The zero-order valence-corrected chi connectivity index (χ0v) is 8.39. The molecule has 0 aromatic carbocycles. The van der Waals surface area contributed by atoms with E-state index in [1.807, 2.05) is 0 Å². The summed E-state index contributed by atoms with van der Waals surface area (Å²) in [6, 6.07) is 0. The number of halogens is 1. The van der Waals surface area contributed by atoms with Crippen LogP contribution in [0.15, 0.2) is 0 Å². The molecule has 1 spiro atoms. The standard InChI is InChI=1S/C9H15ClO3/c10-5-2-8-3-7-12-9(13-8)4-1-6-11-9/h8H,1-7H2. The van der Waals surface area contributed by atoms with Crippen LogP contribution >= 0.6 is 11.6 Å². The van der Waals surface area contributed by atoms with E-state index in [1.54, 1.807) is 0 Å². The van der Waals surface area contributed by atoms with Crippen LogP contribution in [0.25, 0.3) is 0 Å². The highest BCUT2D eigenvalue weighted by molar-refractivity contribution is 6.17. The summed E-state index contributed by atoms with van der Waals surface area (Å²) < 4.78 is 16.7.